The zero-order valence-electron chi connectivity index (χ0n) is 9.24. The van der Waals surface area contributed by atoms with Crippen molar-refractivity contribution in [2.45, 2.75) is 6.04 Å². The number of nitrogens with one attached hydrogen (secondary N) is 1. The van der Waals surface area contributed by atoms with Gasteiger partial charge in [0.25, 0.3) is 0 Å². The van der Waals surface area contributed by atoms with E-state index in [9.17, 15) is 9.59 Å². The molecule has 0 bridgehead atoms. The Morgan fingerprint density at radius 3 is 2.62 bits per heavy atom. The Morgan fingerprint density at radius 1 is 1.56 bits per heavy atom. The highest BCUT2D eigenvalue weighted by Gasteiger charge is 2.22. The van der Waals surface area contributed by atoms with Crippen LogP contribution in [0.4, 0.5) is 0 Å². The van der Waals surface area contributed by atoms with Gasteiger partial charge in [-0.3, -0.25) is 4.79 Å². The number of rotatable bonds is 4. The van der Waals surface area contributed by atoms with Crippen LogP contribution in [0.3, 0.4) is 0 Å². The Kier molecular flexibility index (Phi) is 4.10. The van der Waals surface area contributed by atoms with Crippen molar-refractivity contribution in [3.05, 3.63) is 33.4 Å². The second kappa shape index (κ2) is 5.79. The highest BCUT2D eigenvalue weighted by molar-refractivity contribution is 14.1. The summed E-state index contributed by atoms with van der Waals surface area (Å²) >= 11 is 2.11. The average Bonchev–Trinajstić information content (AvgIpc) is 2.31. The Balaban J connectivity index is 3.10. The minimum absolute atomic E-state index is 0.00106. The molecule has 0 aliphatic carbocycles. The average molecular weight is 332 g/mol. The molecular formula is C11H10INO3. The number of carbonyl (C=O) groups is 1. The molecule has 0 heterocycles. The normalized spacial score (nSPS) is 12.4. The van der Waals surface area contributed by atoms with Gasteiger partial charge in [-0.2, -0.15) is 0 Å². The molecule has 1 aromatic rings. The van der Waals surface area contributed by atoms with Crippen LogP contribution in [0.15, 0.2) is 24.3 Å². The zero-order chi connectivity index (χ0) is 12.8. The molecule has 0 saturated carbocycles. The van der Waals surface area contributed by atoms with Gasteiger partial charge in [0.2, 0.25) is 0 Å². The van der Waals surface area contributed by atoms with E-state index in [1.807, 2.05) is 0 Å². The maximum atomic E-state index is 11.0. The Morgan fingerprint density at radius 2 is 2.19 bits per heavy atom. The second-order valence-corrected chi connectivity index (χ2v) is 4.24. The quantitative estimate of drug-likeness (QED) is 0.642. The number of halogens is 1. The molecule has 0 radical (unpaired) electrons. The van der Waals surface area contributed by atoms with E-state index >= 15 is 0 Å². The summed E-state index contributed by atoms with van der Waals surface area (Å²) in [6.45, 7) is 0. The molecule has 1 aromatic carbocycles. The van der Waals surface area contributed by atoms with Gasteiger partial charge in [-0.25, -0.2) is 4.79 Å². The predicted octanol–water partition coefficient (Wildman–Crippen LogP) is 1.18. The molecule has 84 valence electrons. The first-order valence-electron chi connectivity index (χ1n) is 5.07. The third-order valence-electron chi connectivity index (χ3n) is 2.00. The van der Waals surface area contributed by atoms with Gasteiger partial charge in [-0.15, -0.1) is 0 Å². The number of hydrogen-bond acceptors (Lipinski definition) is 3. The van der Waals surface area contributed by atoms with Crippen LogP contribution in [0.1, 0.15) is 6.93 Å². The molecule has 0 saturated heterocycles. The molecular weight excluding hydrogens is 321 g/mol. The summed E-state index contributed by atoms with van der Waals surface area (Å²) in [6, 6.07) is 5.65. The molecule has 0 aromatic heterocycles. The van der Waals surface area contributed by atoms with Crippen LogP contribution in [-0.4, -0.2) is 30.1 Å². The van der Waals surface area contributed by atoms with Gasteiger partial charge >= 0.3 is 5.97 Å². The molecule has 5 heteroatoms. The van der Waals surface area contributed by atoms with Crippen molar-refractivity contribution >= 4 is 40.1 Å². The van der Waals surface area contributed by atoms with E-state index in [-0.39, 0.29) is 12.6 Å². The molecule has 0 unspecified atom stereocenters. The summed E-state index contributed by atoms with van der Waals surface area (Å²) < 4.78 is 7.96. The summed E-state index contributed by atoms with van der Waals surface area (Å²) in [7, 11) is -0.285. The van der Waals surface area contributed by atoms with E-state index in [0.29, 0.717) is 5.56 Å². The van der Waals surface area contributed by atoms with Crippen LogP contribution in [0.2, 0.25) is 0 Å². The summed E-state index contributed by atoms with van der Waals surface area (Å²) in [6.07, 6.45) is 0. The highest BCUT2D eigenvalue weighted by atomic mass is 127. The number of benzene rings is 1. The number of carboxylic acids is 1. The number of likely N-dealkylation sites (N-methyl/N-ethyl adjacent to an activating group) is 1. The first-order chi connectivity index (χ1) is 8.10. The van der Waals surface area contributed by atoms with Crippen molar-refractivity contribution in [1.82, 2.24) is 5.32 Å². The third-order valence-corrected chi connectivity index (χ3v) is 2.72. The Hall–Kier alpha value is -1.17. The van der Waals surface area contributed by atoms with Crippen molar-refractivity contribution in [3.8, 4) is 0 Å². The topological polar surface area (TPSA) is 66.4 Å². The fourth-order valence-corrected chi connectivity index (χ4v) is 1.59. The van der Waals surface area contributed by atoms with Gasteiger partial charge in [-0.1, -0.05) is 12.1 Å². The van der Waals surface area contributed by atoms with Gasteiger partial charge in [0.05, 0.1) is 5.57 Å². The molecule has 0 amide bonds. The summed E-state index contributed by atoms with van der Waals surface area (Å²) in [5.41, 5.74) is 0.495. The van der Waals surface area contributed by atoms with Crippen LogP contribution in [0.25, 0.3) is 5.57 Å². The van der Waals surface area contributed by atoms with Crippen molar-refractivity contribution < 1.29 is 16.1 Å². The van der Waals surface area contributed by atoms with E-state index in [1.165, 1.54) is 0 Å². The lowest BCUT2D eigenvalue weighted by molar-refractivity contribution is -0.137. The lowest BCUT2D eigenvalue weighted by Gasteiger charge is -2.12. The standard InChI is InChI=1S/C11H10INO3/c1-13-10(11(15)16)9(6-14)7-2-4-8(12)5-3-7/h2-5,10,13H,1H3,(H,15,16)/t10-/m0/s1/i1D. The summed E-state index contributed by atoms with van der Waals surface area (Å²) in [4.78, 5) is 21.9. The minimum Gasteiger partial charge on any atom is -0.480 e. The van der Waals surface area contributed by atoms with Crippen molar-refractivity contribution in [3.63, 3.8) is 0 Å². The number of aliphatic carboxylic acids is 1. The first-order valence-corrected chi connectivity index (χ1v) is 5.44. The van der Waals surface area contributed by atoms with Gasteiger partial charge in [0.1, 0.15) is 12.0 Å². The van der Waals surface area contributed by atoms with Crippen molar-refractivity contribution in [1.29, 1.82) is 0 Å². The molecule has 0 aliphatic heterocycles. The van der Waals surface area contributed by atoms with E-state index in [4.69, 9.17) is 6.48 Å². The zero-order valence-corrected chi connectivity index (χ0v) is 10.4. The fourth-order valence-electron chi connectivity index (χ4n) is 1.23. The first kappa shape index (κ1) is 11.3. The predicted molar refractivity (Wildman–Crippen MR) is 68.7 cm³/mol. The third kappa shape index (κ3) is 2.91. The molecule has 1 rings (SSSR count). The van der Waals surface area contributed by atoms with Crippen LogP contribution in [0, 0.1) is 3.57 Å². The molecule has 1 atom stereocenters. The van der Waals surface area contributed by atoms with Crippen LogP contribution in [0.5, 0.6) is 0 Å². The van der Waals surface area contributed by atoms with Crippen LogP contribution >= 0.6 is 22.6 Å². The van der Waals surface area contributed by atoms with Gasteiger partial charge < -0.3 is 10.4 Å². The van der Waals surface area contributed by atoms with Crippen LogP contribution < -0.4 is 5.32 Å². The lowest BCUT2D eigenvalue weighted by Crippen LogP contribution is -2.35. The highest BCUT2D eigenvalue weighted by Crippen LogP contribution is 2.17. The fraction of sp³-hybridized carbons (Fsp3) is 0.182. The second-order valence-electron chi connectivity index (χ2n) is 3.00. The van der Waals surface area contributed by atoms with Gasteiger partial charge in [-0.05, 0) is 47.3 Å². The number of hydrogen-bond donors (Lipinski definition) is 2. The lowest BCUT2D eigenvalue weighted by atomic mass is 10.0. The van der Waals surface area contributed by atoms with E-state index in [0.717, 1.165) is 3.57 Å². The van der Waals surface area contributed by atoms with E-state index in [1.54, 1.807) is 30.2 Å². The van der Waals surface area contributed by atoms with Gasteiger partial charge in [0, 0.05) is 4.94 Å². The van der Waals surface area contributed by atoms with Gasteiger partial charge in [0.15, 0.2) is 0 Å². The molecule has 4 nitrogen and oxygen atoms in total. The van der Waals surface area contributed by atoms with Crippen LogP contribution in [-0.2, 0) is 9.59 Å². The van der Waals surface area contributed by atoms with E-state index in [2.05, 4.69) is 27.9 Å². The summed E-state index contributed by atoms with van der Waals surface area (Å²) in [5.74, 6) is 0.442. The maximum Gasteiger partial charge on any atom is 0.326 e. The van der Waals surface area contributed by atoms with Crippen molar-refractivity contribution in [2.75, 3.05) is 7.02 Å². The Labute approximate surface area is 108 Å². The minimum atomic E-state index is -1.20. The summed E-state index contributed by atoms with van der Waals surface area (Å²) in [5, 5.41) is 11.4. The largest absolute Gasteiger partial charge is 0.480 e. The molecule has 0 aliphatic rings. The molecule has 0 spiro atoms. The monoisotopic (exact) mass is 332 g/mol. The molecule has 16 heavy (non-hydrogen) atoms. The number of carboxylic acid groups (broad SMARTS) is 1. The van der Waals surface area contributed by atoms with Crippen molar-refractivity contribution in [2.24, 2.45) is 0 Å². The number of carbonyl (C=O) groups excluding carboxylic acids is 1. The molecule has 2 N–H and O–H groups in total. The Bertz CT molecular complexity index is 454. The molecule has 0 fully saturated rings. The smallest absolute Gasteiger partial charge is 0.326 e. The maximum absolute atomic E-state index is 11.0. The van der Waals surface area contributed by atoms with E-state index < -0.39 is 12.0 Å². The SMILES string of the molecule is [2H]CN[C@H](C(=O)O)C(=C=O)c1ccc(I)cc1.